The van der Waals surface area contributed by atoms with Gasteiger partial charge in [-0.15, -0.1) is 0 Å². The van der Waals surface area contributed by atoms with Crippen molar-refractivity contribution in [2.75, 3.05) is 0 Å². The van der Waals surface area contributed by atoms with Gasteiger partial charge < -0.3 is 9.84 Å². The second kappa shape index (κ2) is 4.00. The van der Waals surface area contributed by atoms with Crippen molar-refractivity contribution >= 4 is 11.5 Å². The Bertz CT molecular complexity index is 790. The molecule has 4 aliphatic rings. The number of phenolic OH excluding ortho intramolecular Hbond substituents is 1. The maximum absolute atomic E-state index is 12.8. The molecule has 2 fully saturated rings. The van der Waals surface area contributed by atoms with E-state index in [9.17, 15) is 9.90 Å². The summed E-state index contributed by atoms with van der Waals surface area (Å²) in [5, 5.41) is 10.6. The number of aromatic hydroxyl groups is 1. The number of hydrogen-bond donors (Lipinski definition) is 1. The molecule has 120 valence electrons. The predicted octanol–water partition coefficient (Wildman–Crippen LogP) is 4.23. The van der Waals surface area contributed by atoms with Crippen LogP contribution in [-0.2, 0) is 11.2 Å². The van der Waals surface area contributed by atoms with Gasteiger partial charge in [0.2, 0.25) is 0 Å². The molecule has 1 aromatic rings. The monoisotopic (exact) mass is 310 g/mol. The highest BCUT2D eigenvalue weighted by Crippen LogP contribution is 2.90. The fourth-order valence-electron chi connectivity index (χ4n) is 5.75. The van der Waals surface area contributed by atoms with Crippen molar-refractivity contribution in [2.45, 2.75) is 52.4 Å². The molecule has 3 atom stereocenters. The number of hydrogen-bond acceptors (Lipinski definition) is 3. The van der Waals surface area contributed by atoms with Gasteiger partial charge in [0.25, 0.3) is 0 Å². The van der Waals surface area contributed by atoms with Crippen LogP contribution in [0.4, 0.5) is 0 Å². The van der Waals surface area contributed by atoms with E-state index >= 15 is 0 Å². The topological polar surface area (TPSA) is 46.5 Å². The van der Waals surface area contributed by atoms with Crippen LogP contribution >= 0.6 is 0 Å². The van der Waals surface area contributed by atoms with E-state index in [2.05, 4.69) is 13.8 Å². The van der Waals surface area contributed by atoms with Crippen molar-refractivity contribution in [3.8, 4) is 11.5 Å². The van der Waals surface area contributed by atoms with Crippen LogP contribution in [0.1, 0.15) is 57.1 Å². The van der Waals surface area contributed by atoms with Crippen molar-refractivity contribution in [2.24, 2.45) is 16.7 Å². The van der Waals surface area contributed by atoms with Gasteiger partial charge in [-0.2, -0.15) is 0 Å². The van der Waals surface area contributed by atoms with Crippen molar-refractivity contribution < 1.29 is 14.6 Å². The Morgan fingerprint density at radius 2 is 2.17 bits per heavy atom. The van der Waals surface area contributed by atoms with E-state index in [4.69, 9.17) is 4.74 Å². The van der Waals surface area contributed by atoms with E-state index in [1.165, 1.54) is 18.4 Å². The molecule has 5 rings (SSSR count). The van der Waals surface area contributed by atoms with Crippen LogP contribution in [0.25, 0.3) is 5.57 Å². The zero-order chi connectivity index (χ0) is 16.0. The Morgan fingerprint density at radius 1 is 1.35 bits per heavy atom. The summed E-state index contributed by atoms with van der Waals surface area (Å²) in [4.78, 5) is 12.8. The summed E-state index contributed by atoms with van der Waals surface area (Å²) < 4.78 is 5.74. The number of carbonyl (C=O) groups excluding carboxylic acids is 1. The van der Waals surface area contributed by atoms with Crippen molar-refractivity contribution in [1.29, 1.82) is 0 Å². The molecule has 3 aliphatic carbocycles. The molecule has 2 saturated carbocycles. The molecule has 0 amide bonds. The van der Waals surface area contributed by atoms with Crippen LogP contribution in [0.5, 0.6) is 11.5 Å². The number of phenols is 1. The zero-order valence-corrected chi connectivity index (χ0v) is 13.7. The molecule has 3 unspecified atom stereocenters. The first-order chi connectivity index (χ1) is 11.1. The van der Waals surface area contributed by atoms with Crippen molar-refractivity contribution in [1.82, 2.24) is 0 Å². The number of unbranched alkanes of at least 4 members (excludes halogenated alkanes) is 2. The lowest BCUT2D eigenvalue weighted by Gasteiger charge is -2.47. The average Bonchev–Trinajstić information content (AvgIpc) is 2.95. The molecular formula is C20H22O3. The van der Waals surface area contributed by atoms with Gasteiger partial charge in [0.1, 0.15) is 16.9 Å². The molecule has 0 bridgehead atoms. The standard InChI is InChI=1S/C20H22O3/c1-3-4-5-6-11-9-13(21)15-14(10-11)23-18(22)20-8-7-12-16(17(15)20)19(12,20)2/h9-10,12,21H,3-8H2,1-2H3. The molecule has 3 nitrogen and oxygen atoms in total. The lowest BCUT2D eigenvalue weighted by molar-refractivity contribution is -0.146. The van der Waals surface area contributed by atoms with E-state index in [1.807, 2.05) is 12.1 Å². The van der Waals surface area contributed by atoms with Gasteiger partial charge in [0.05, 0.1) is 5.56 Å². The van der Waals surface area contributed by atoms with E-state index < -0.39 is 5.41 Å². The molecule has 3 heteroatoms. The SMILES string of the molecule is CCCCCc1cc(O)c2c(c1)OC(=O)C13CCC4C(=C21)C43C. The zero-order valence-electron chi connectivity index (χ0n) is 13.7. The molecule has 0 radical (unpaired) electrons. The van der Waals surface area contributed by atoms with Crippen LogP contribution in [0.3, 0.4) is 0 Å². The van der Waals surface area contributed by atoms with Crippen LogP contribution in [-0.4, -0.2) is 11.1 Å². The van der Waals surface area contributed by atoms with E-state index in [0.717, 1.165) is 42.4 Å². The third-order valence-electron chi connectivity index (χ3n) is 6.92. The van der Waals surface area contributed by atoms with Gasteiger partial charge in [-0.25, -0.2) is 0 Å². The smallest absolute Gasteiger partial charge is 0.322 e. The highest BCUT2D eigenvalue weighted by atomic mass is 16.5. The maximum Gasteiger partial charge on any atom is 0.322 e. The first kappa shape index (κ1) is 13.6. The van der Waals surface area contributed by atoms with Crippen LogP contribution in [0.15, 0.2) is 17.7 Å². The van der Waals surface area contributed by atoms with Crippen LogP contribution in [0, 0.1) is 16.7 Å². The Balaban J connectivity index is 1.60. The summed E-state index contributed by atoms with van der Waals surface area (Å²) in [5.74, 6) is 1.33. The molecule has 1 heterocycles. The minimum atomic E-state index is -0.457. The normalized spacial score (nSPS) is 35.2. The Hall–Kier alpha value is -1.77. The predicted molar refractivity (Wildman–Crippen MR) is 87.2 cm³/mol. The summed E-state index contributed by atoms with van der Waals surface area (Å²) in [6.07, 6.45) is 6.34. The largest absolute Gasteiger partial charge is 0.507 e. The molecule has 1 aromatic carbocycles. The molecular weight excluding hydrogens is 288 g/mol. The summed E-state index contributed by atoms with van der Waals surface area (Å²) in [7, 11) is 0. The van der Waals surface area contributed by atoms with Gasteiger partial charge >= 0.3 is 5.97 Å². The molecule has 0 saturated heterocycles. The van der Waals surface area contributed by atoms with Gasteiger partial charge in [-0.05, 0) is 54.9 Å². The minimum Gasteiger partial charge on any atom is -0.507 e. The number of benzene rings is 1. The molecule has 0 aromatic heterocycles. The third kappa shape index (κ3) is 1.29. The second-order valence-corrected chi connectivity index (χ2v) is 7.82. The molecule has 1 aliphatic heterocycles. The maximum atomic E-state index is 12.8. The number of aryl methyl sites for hydroxylation is 1. The summed E-state index contributed by atoms with van der Waals surface area (Å²) in [6, 6.07) is 3.84. The quantitative estimate of drug-likeness (QED) is 0.514. The van der Waals surface area contributed by atoms with E-state index in [0.29, 0.717) is 17.4 Å². The number of fused-ring (bicyclic) bond motifs is 3. The van der Waals surface area contributed by atoms with Crippen molar-refractivity contribution in [3.63, 3.8) is 0 Å². The third-order valence-corrected chi connectivity index (χ3v) is 6.92. The number of allylic oxidation sites excluding steroid dienone is 1. The Labute approximate surface area is 136 Å². The van der Waals surface area contributed by atoms with Gasteiger partial charge in [0.15, 0.2) is 0 Å². The summed E-state index contributed by atoms with van der Waals surface area (Å²) in [5.41, 5.74) is 3.96. The van der Waals surface area contributed by atoms with Gasteiger partial charge in [0, 0.05) is 5.41 Å². The number of carbonyl (C=O) groups is 1. The Morgan fingerprint density at radius 3 is 2.91 bits per heavy atom. The number of rotatable bonds is 4. The molecule has 23 heavy (non-hydrogen) atoms. The first-order valence-corrected chi connectivity index (χ1v) is 8.89. The molecule has 1 N–H and O–H groups in total. The number of esters is 1. The van der Waals surface area contributed by atoms with E-state index in [-0.39, 0.29) is 11.4 Å². The highest BCUT2D eigenvalue weighted by molar-refractivity contribution is 6.11. The lowest BCUT2D eigenvalue weighted by Crippen LogP contribution is -2.48. The average molecular weight is 310 g/mol. The number of ether oxygens (including phenoxy) is 1. The fourth-order valence-corrected chi connectivity index (χ4v) is 5.75. The summed E-state index contributed by atoms with van der Waals surface area (Å²) >= 11 is 0. The van der Waals surface area contributed by atoms with Crippen molar-refractivity contribution in [3.05, 3.63) is 28.8 Å². The first-order valence-electron chi connectivity index (χ1n) is 8.89. The van der Waals surface area contributed by atoms with Gasteiger partial charge in [-0.1, -0.05) is 32.3 Å². The minimum absolute atomic E-state index is 0.0311. The highest BCUT2D eigenvalue weighted by Gasteiger charge is 2.85. The Kier molecular flexibility index (Phi) is 2.38. The fraction of sp³-hybridized carbons (Fsp3) is 0.550. The second-order valence-electron chi connectivity index (χ2n) is 7.82. The van der Waals surface area contributed by atoms with Gasteiger partial charge in [-0.3, -0.25) is 4.79 Å². The molecule has 1 spiro atoms. The summed E-state index contributed by atoms with van der Waals surface area (Å²) in [6.45, 7) is 4.38. The van der Waals surface area contributed by atoms with E-state index in [1.54, 1.807) is 0 Å². The van der Waals surface area contributed by atoms with Crippen LogP contribution < -0.4 is 4.74 Å². The lowest BCUT2D eigenvalue weighted by atomic mass is 9.57. The van der Waals surface area contributed by atoms with Crippen LogP contribution in [0.2, 0.25) is 0 Å².